The van der Waals surface area contributed by atoms with Crippen molar-refractivity contribution in [3.8, 4) is 0 Å². The van der Waals surface area contributed by atoms with E-state index in [0.717, 1.165) is 0 Å². The van der Waals surface area contributed by atoms with E-state index in [1.54, 1.807) is 0 Å². The summed E-state index contributed by atoms with van der Waals surface area (Å²) in [5.41, 5.74) is 0.243. The number of pyridine rings is 1. The van der Waals surface area contributed by atoms with E-state index in [-0.39, 0.29) is 11.6 Å². The first-order valence-corrected chi connectivity index (χ1v) is 5.24. The molecule has 1 fully saturated rings. The Labute approximate surface area is 97.5 Å². The highest BCUT2D eigenvalue weighted by molar-refractivity contribution is 5.95. The van der Waals surface area contributed by atoms with Crippen LogP contribution in [0.2, 0.25) is 0 Å². The van der Waals surface area contributed by atoms with Crippen molar-refractivity contribution in [2.75, 3.05) is 13.1 Å². The van der Waals surface area contributed by atoms with Crippen molar-refractivity contribution in [2.24, 2.45) is 0 Å². The second-order valence-electron chi connectivity index (χ2n) is 3.93. The molecule has 0 radical (unpaired) electrons. The molecule has 6 heteroatoms. The van der Waals surface area contributed by atoms with E-state index < -0.39 is 12.1 Å². The van der Waals surface area contributed by atoms with Gasteiger partial charge in [-0.1, -0.05) is 0 Å². The molecule has 1 atom stereocenters. The van der Waals surface area contributed by atoms with Crippen molar-refractivity contribution in [2.45, 2.75) is 12.5 Å². The molecule has 1 saturated heterocycles. The topological polar surface area (TPSA) is 90.7 Å². The lowest BCUT2D eigenvalue weighted by atomic mass is 10.2. The third-order valence-corrected chi connectivity index (χ3v) is 2.68. The number of aliphatic hydroxyl groups excluding tert-OH is 1. The summed E-state index contributed by atoms with van der Waals surface area (Å²) in [5.74, 6) is -1.36. The predicted molar refractivity (Wildman–Crippen MR) is 57.7 cm³/mol. The van der Waals surface area contributed by atoms with E-state index >= 15 is 0 Å². The summed E-state index contributed by atoms with van der Waals surface area (Å²) in [7, 11) is 0. The quantitative estimate of drug-likeness (QED) is 0.753. The third kappa shape index (κ3) is 2.42. The van der Waals surface area contributed by atoms with Crippen LogP contribution in [-0.2, 0) is 0 Å². The number of aromatic nitrogens is 1. The fourth-order valence-corrected chi connectivity index (χ4v) is 1.76. The Kier molecular flexibility index (Phi) is 3.06. The van der Waals surface area contributed by atoms with Gasteiger partial charge in [0.05, 0.1) is 11.7 Å². The number of β-amino-alcohol motifs (C(OH)–C–C–N with tert-alkyl or cyclic N) is 1. The maximum atomic E-state index is 11.9. The number of carbonyl (C=O) groups excluding carboxylic acids is 1. The van der Waals surface area contributed by atoms with E-state index in [1.807, 2.05) is 0 Å². The average molecular weight is 236 g/mol. The molecule has 1 aromatic heterocycles. The minimum Gasteiger partial charge on any atom is -0.477 e. The molecule has 1 amide bonds. The summed E-state index contributed by atoms with van der Waals surface area (Å²) >= 11 is 0. The van der Waals surface area contributed by atoms with Crippen LogP contribution < -0.4 is 0 Å². The molecule has 0 spiro atoms. The maximum Gasteiger partial charge on any atom is 0.354 e. The smallest absolute Gasteiger partial charge is 0.354 e. The van der Waals surface area contributed by atoms with Crippen LogP contribution in [0.25, 0.3) is 0 Å². The molecule has 17 heavy (non-hydrogen) atoms. The zero-order chi connectivity index (χ0) is 12.4. The molecular formula is C11H12N2O4. The summed E-state index contributed by atoms with van der Waals surface area (Å²) in [5, 5.41) is 18.0. The van der Waals surface area contributed by atoms with Gasteiger partial charge in [-0.25, -0.2) is 9.78 Å². The molecule has 90 valence electrons. The Morgan fingerprint density at radius 3 is 2.65 bits per heavy atom. The van der Waals surface area contributed by atoms with Gasteiger partial charge in [0.2, 0.25) is 0 Å². The molecule has 6 nitrogen and oxygen atoms in total. The molecule has 1 aliphatic rings. The summed E-state index contributed by atoms with van der Waals surface area (Å²) in [6, 6.07) is 2.73. The van der Waals surface area contributed by atoms with Crippen molar-refractivity contribution in [1.29, 1.82) is 0 Å². The highest BCUT2D eigenvalue weighted by atomic mass is 16.4. The lowest BCUT2D eigenvalue weighted by molar-refractivity contribution is 0.0688. The number of carboxylic acid groups (broad SMARTS) is 1. The van der Waals surface area contributed by atoms with Gasteiger partial charge in [0, 0.05) is 19.3 Å². The average Bonchev–Trinajstić information content (AvgIpc) is 2.75. The van der Waals surface area contributed by atoms with Crippen molar-refractivity contribution >= 4 is 11.9 Å². The monoisotopic (exact) mass is 236 g/mol. The number of rotatable bonds is 2. The molecule has 1 aliphatic heterocycles. The molecule has 2 N–H and O–H groups in total. The number of likely N-dealkylation sites (tertiary alicyclic amines) is 1. The molecule has 0 bridgehead atoms. The number of aliphatic hydroxyl groups is 1. The van der Waals surface area contributed by atoms with Crippen LogP contribution >= 0.6 is 0 Å². The van der Waals surface area contributed by atoms with Gasteiger partial charge < -0.3 is 15.1 Å². The predicted octanol–water partition coefficient (Wildman–Crippen LogP) is -0.0134. The van der Waals surface area contributed by atoms with Crippen LogP contribution in [0.15, 0.2) is 18.3 Å². The number of carbonyl (C=O) groups is 2. The summed E-state index contributed by atoms with van der Waals surface area (Å²) in [6.07, 6.45) is 1.35. The third-order valence-electron chi connectivity index (χ3n) is 2.68. The van der Waals surface area contributed by atoms with Crippen LogP contribution in [0.5, 0.6) is 0 Å². The fourth-order valence-electron chi connectivity index (χ4n) is 1.76. The Hall–Kier alpha value is -1.95. The lowest BCUT2D eigenvalue weighted by Gasteiger charge is -2.15. The minimum atomic E-state index is -1.12. The zero-order valence-corrected chi connectivity index (χ0v) is 9.04. The van der Waals surface area contributed by atoms with Gasteiger partial charge in [-0.2, -0.15) is 0 Å². The minimum absolute atomic E-state index is 0.0944. The summed E-state index contributed by atoms with van der Waals surface area (Å²) in [6.45, 7) is 0.834. The zero-order valence-electron chi connectivity index (χ0n) is 9.04. The van der Waals surface area contributed by atoms with Crippen molar-refractivity contribution in [1.82, 2.24) is 9.88 Å². The second kappa shape index (κ2) is 4.50. The first kappa shape index (κ1) is 11.5. The number of carboxylic acids is 1. The van der Waals surface area contributed by atoms with Gasteiger partial charge in [0.25, 0.3) is 5.91 Å². The molecule has 2 rings (SSSR count). The number of hydrogen-bond donors (Lipinski definition) is 2. The van der Waals surface area contributed by atoms with Crippen LogP contribution in [0.3, 0.4) is 0 Å². The van der Waals surface area contributed by atoms with Crippen LogP contribution in [-0.4, -0.2) is 51.2 Å². The Balaban J connectivity index is 2.12. The first-order chi connectivity index (χ1) is 8.08. The fraction of sp³-hybridized carbons (Fsp3) is 0.364. The van der Waals surface area contributed by atoms with E-state index in [4.69, 9.17) is 5.11 Å². The van der Waals surface area contributed by atoms with Crippen molar-refractivity contribution < 1.29 is 19.8 Å². The van der Waals surface area contributed by atoms with Crippen LogP contribution in [0.1, 0.15) is 27.3 Å². The van der Waals surface area contributed by atoms with Gasteiger partial charge in [0.15, 0.2) is 0 Å². The van der Waals surface area contributed by atoms with Gasteiger partial charge in [-0.3, -0.25) is 4.79 Å². The van der Waals surface area contributed by atoms with E-state index in [9.17, 15) is 14.7 Å². The lowest BCUT2D eigenvalue weighted by Crippen LogP contribution is -2.29. The molecule has 2 heterocycles. The maximum absolute atomic E-state index is 11.9. The number of amides is 1. The summed E-state index contributed by atoms with van der Waals surface area (Å²) < 4.78 is 0. The summed E-state index contributed by atoms with van der Waals surface area (Å²) in [4.78, 5) is 27.7. The molecule has 1 aromatic rings. The first-order valence-electron chi connectivity index (χ1n) is 5.24. The highest BCUT2D eigenvalue weighted by Crippen LogP contribution is 2.13. The van der Waals surface area contributed by atoms with E-state index in [2.05, 4.69) is 4.98 Å². The largest absolute Gasteiger partial charge is 0.477 e. The van der Waals surface area contributed by atoms with Crippen molar-refractivity contribution in [3.05, 3.63) is 29.6 Å². The molecule has 0 aliphatic carbocycles. The van der Waals surface area contributed by atoms with Crippen molar-refractivity contribution in [3.63, 3.8) is 0 Å². The van der Waals surface area contributed by atoms with Crippen LogP contribution in [0, 0.1) is 0 Å². The van der Waals surface area contributed by atoms with Gasteiger partial charge in [-0.15, -0.1) is 0 Å². The molecule has 0 aromatic carbocycles. The Morgan fingerprint density at radius 1 is 1.41 bits per heavy atom. The number of hydrogen-bond acceptors (Lipinski definition) is 4. The Morgan fingerprint density at radius 2 is 2.18 bits per heavy atom. The molecular weight excluding hydrogens is 224 g/mol. The van der Waals surface area contributed by atoms with Gasteiger partial charge in [0.1, 0.15) is 5.69 Å². The SMILES string of the molecule is O=C(O)c1ccc(C(=O)N2CCC(O)C2)cn1. The number of aromatic carboxylic acids is 1. The molecule has 0 saturated carbocycles. The second-order valence-corrected chi connectivity index (χ2v) is 3.93. The highest BCUT2D eigenvalue weighted by Gasteiger charge is 2.25. The van der Waals surface area contributed by atoms with E-state index in [0.29, 0.717) is 25.1 Å². The standard InChI is InChI=1S/C11H12N2O4/c14-8-3-4-13(6-8)10(15)7-1-2-9(11(16)17)12-5-7/h1-2,5,8,14H,3-4,6H2,(H,16,17). The van der Waals surface area contributed by atoms with E-state index in [1.165, 1.54) is 23.2 Å². The molecule has 1 unspecified atom stereocenters. The van der Waals surface area contributed by atoms with Crippen LogP contribution in [0.4, 0.5) is 0 Å². The van der Waals surface area contributed by atoms with Gasteiger partial charge in [-0.05, 0) is 18.6 Å². The Bertz CT molecular complexity index is 443. The number of nitrogens with zero attached hydrogens (tertiary/aromatic N) is 2. The van der Waals surface area contributed by atoms with Gasteiger partial charge >= 0.3 is 5.97 Å². The normalized spacial score (nSPS) is 19.4.